The molecule has 0 bridgehead atoms. The van der Waals surface area contributed by atoms with Gasteiger partial charge in [0, 0.05) is 5.57 Å². The summed E-state index contributed by atoms with van der Waals surface area (Å²) in [4.78, 5) is 22.8. The van der Waals surface area contributed by atoms with Gasteiger partial charge in [-0.25, -0.2) is 9.59 Å². The normalized spacial score (nSPS) is 14.5. The maximum Gasteiger partial charge on any atom is 0.510 e. The lowest BCUT2D eigenvalue weighted by Crippen LogP contribution is -2.66. The molecule has 0 saturated heterocycles. The van der Waals surface area contributed by atoms with E-state index in [1.165, 1.54) is 20.8 Å². The van der Waals surface area contributed by atoms with E-state index in [0.717, 1.165) is 6.92 Å². The van der Waals surface area contributed by atoms with Gasteiger partial charge in [0.15, 0.2) is 6.10 Å². The molecule has 0 aromatic heterocycles. The summed E-state index contributed by atoms with van der Waals surface area (Å²) in [7, 11) is 0. The Kier molecular flexibility index (Phi) is 6.57. The predicted octanol–water partition coefficient (Wildman–Crippen LogP) is 4.31. The van der Waals surface area contributed by atoms with Gasteiger partial charge in [-0.05, 0) is 34.6 Å². The standard InChI is InChI=1S/C14H18F6O5/c1-7(2)9(21)23-8(3)12(13(15,16)17,14(18,19)20)25-10(22)24-11(4,5)6/h8H,1H2,2-6H3. The average Bonchev–Trinajstić information content (AvgIpc) is 2.29. The highest BCUT2D eigenvalue weighted by atomic mass is 19.4. The summed E-state index contributed by atoms with van der Waals surface area (Å²) < 4.78 is 92.0. The molecule has 146 valence electrons. The highest BCUT2D eigenvalue weighted by Gasteiger charge is 2.78. The van der Waals surface area contributed by atoms with Crippen molar-refractivity contribution >= 4 is 12.1 Å². The Labute approximate surface area is 139 Å². The number of carbonyl (C=O) groups is 2. The largest absolute Gasteiger partial charge is 0.510 e. The molecule has 0 saturated carbocycles. The first-order valence-electron chi connectivity index (χ1n) is 6.77. The van der Waals surface area contributed by atoms with Crippen molar-refractivity contribution in [3.05, 3.63) is 12.2 Å². The molecule has 1 atom stereocenters. The molecule has 0 aliphatic carbocycles. The van der Waals surface area contributed by atoms with Crippen molar-refractivity contribution in [2.75, 3.05) is 0 Å². The van der Waals surface area contributed by atoms with Gasteiger partial charge in [0.2, 0.25) is 0 Å². The maximum absolute atomic E-state index is 13.3. The summed E-state index contributed by atoms with van der Waals surface area (Å²) in [6.07, 6.45) is -17.5. The third-order valence-electron chi connectivity index (χ3n) is 2.68. The van der Waals surface area contributed by atoms with Crippen LogP contribution in [0.4, 0.5) is 31.1 Å². The molecule has 5 nitrogen and oxygen atoms in total. The van der Waals surface area contributed by atoms with E-state index in [0.29, 0.717) is 6.92 Å². The number of alkyl halides is 6. The van der Waals surface area contributed by atoms with Gasteiger partial charge in [-0.1, -0.05) is 6.58 Å². The smallest absolute Gasteiger partial charge is 0.454 e. The Morgan fingerprint density at radius 3 is 1.60 bits per heavy atom. The second-order valence-corrected chi connectivity index (χ2v) is 6.13. The SMILES string of the molecule is C=C(C)C(=O)OC(C)C(OC(=O)OC(C)(C)C)(C(F)(F)F)C(F)(F)F. The van der Waals surface area contributed by atoms with Gasteiger partial charge >= 0.3 is 30.1 Å². The fourth-order valence-corrected chi connectivity index (χ4v) is 1.57. The average molecular weight is 380 g/mol. The van der Waals surface area contributed by atoms with Crippen molar-refractivity contribution in [1.82, 2.24) is 0 Å². The third-order valence-corrected chi connectivity index (χ3v) is 2.68. The van der Waals surface area contributed by atoms with Gasteiger partial charge in [-0.2, -0.15) is 26.3 Å². The van der Waals surface area contributed by atoms with Crippen molar-refractivity contribution in [2.24, 2.45) is 0 Å². The van der Waals surface area contributed by atoms with Gasteiger partial charge in [-0.15, -0.1) is 0 Å². The van der Waals surface area contributed by atoms with Crippen LogP contribution in [-0.4, -0.2) is 41.8 Å². The monoisotopic (exact) mass is 380 g/mol. The molecular weight excluding hydrogens is 362 g/mol. The number of carbonyl (C=O) groups excluding carboxylic acids is 2. The molecule has 0 spiro atoms. The lowest BCUT2D eigenvalue weighted by Gasteiger charge is -2.39. The zero-order valence-electron chi connectivity index (χ0n) is 14.1. The molecule has 0 fully saturated rings. The molecule has 0 aromatic rings. The Morgan fingerprint density at radius 2 is 1.32 bits per heavy atom. The van der Waals surface area contributed by atoms with Crippen molar-refractivity contribution < 1.29 is 50.1 Å². The van der Waals surface area contributed by atoms with Crippen molar-refractivity contribution in [3.8, 4) is 0 Å². The molecule has 0 aliphatic rings. The summed E-state index contributed by atoms with van der Waals surface area (Å²) in [5, 5.41) is 0. The van der Waals surface area contributed by atoms with Crippen LogP contribution in [0.1, 0.15) is 34.6 Å². The van der Waals surface area contributed by atoms with Crippen LogP contribution in [0.25, 0.3) is 0 Å². The molecule has 0 rings (SSSR count). The van der Waals surface area contributed by atoms with Crippen LogP contribution in [-0.2, 0) is 19.0 Å². The number of ether oxygens (including phenoxy) is 3. The Bertz CT molecular complexity index is 515. The van der Waals surface area contributed by atoms with Crippen LogP contribution in [0, 0.1) is 0 Å². The summed E-state index contributed by atoms with van der Waals surface area (Å²) in [6, 6.07) is 0. The molecule has 11 heteroatoms. The van der Waals surface area contributed by atoms with Crippen LogP contribution in [0.15, 0.2) is 12.2 Å². The minimum atomic E-state index is -6.16. The van der Waals surface area contributed by atoms with Gasteiger partial charge in [0.25, 0.3) is 0 Å². The van der Waals surface area contributed by atoms with E-state index in [4.69, 9.17) is 0 Å². The summed E-state index contributed by atoms with van der Waals surface area (Å²) in [6.45, 7) is 8.00. The van der Waals surface area contributed by atoms with Gasteiger partial charge < -0.3 is 14.2 Å². The summed E-state index contributed by atoms with van der Waals surface area (Å²) in [5.74, 6) is -1.52. The minimum Gasteiger partial charge on any atom is -0.454 e. The quantitative estimate of drug-likeness (QED) is 0.413. The van der Waals surface area contributed by atoms with Crippen LogP contribution in [0.2, 0.25) is 0 Å². The molecule has 0 heterocycles. The first-order valence-corrected chi connectivity index (χ1v) is 6.77. The predicted molar refractivity (Wildman–Crippen MR) is 72.5 cm³/mol. The number of hydrogen-bond donors (Lipinski definition) is 0. The van der Waals surface area contributed by atoms with E-state index in [2.05, 4.69) is 20.8 Å². The van der Waals surface area contributed by atoms with Gasteiger partial charge in [0.1, 0.15) is 5.60 Å². The minimum absolute atomic E-state index is 0.298. The second-order valence-electron chi connectivity index (χ2n) is 6.13. The number of hydrogen-bond acceptors (Lipinski definition) is 5. The van der Waals surface area contributed by atoms with E-state index in [-0.39, 0.29) is 0 Å². The molecule has 0 aromatic carbocycles. The first kappa shape index (κ1) is 23.1. The molecule has 1 unspecified atom stereocenters. The van der Waals surface area contributed by atoms with Crippen LogP contribution >= 0.6 is 0 Å². The molecule has 0 amide bonds. The fraction of sp³-hybridized carbons (Fsp3) is 0.714. The molecule has 25 heavy (non-hydrogen) atoms. The fourth-order valence-electron chi connectivity index (χ4n) is 1.57. The zero-order valence-corrected chi connectivity index (χ0v) is 14.1. The van der Waals surface area contributed by atoms with E-state index < -0.39 is 47.4 Å². The lowest BCUT2D eigenvalue weighted by atomic mass is 9.95. The number of halogens is 6. The van der Waals surface area contributed by atoms with Crippen molar-refractivity contribution in [2.45, 2.75) is 64.3 Å². The highest BCUT2D eigenvalue weighted by Crippen LogP contribution is 2.49. The van der Waals surface area contributed by atoms with Crippen molar-refractivity contribution in [3.63, 3.8) is 0 Å². The van der Waals surface area contributed by atoms with E-state index >= 15 is 0 Å². The van der Waals surface area contributed by atoms with E-state index in [1.807, 2.05) is 0 Å². The zero-order chi connectivity index (χ0) is 20.4. The van der Waals surface area contributed by atoms with Gasteiger partial charge in [0.05, 0.1) is 0 Å². The number of rotatable bonds is 4. The van der Waals surface area contributed by atoms with Crippen molar-refractivity contribution in [1.29, 1.82) is 0 Å². The Balaban J connectivity index is 6.06. The molecular formula is C14H18F6O5. The lowest BCUT2D eigenvalue weighted by molar-refractivity contribution is -0.389. The third kappa shape index (κ3) is 5.53. The molecule has 0 radical (unpaired) electrons. The van der Waals surface area contributed by atoms with Gasteiger partial charge in [-0.3, -0.25) is 0 Å². The molecule has 0 N–H and O–H groups in total. The Morgan fingerprint density at radius 1 is 0.920 bits per heavy atom. The van der Waals surface area contributed by atoms with E-state index in [1.54, 1.807) is 0 Å². The van der Waals surface area contributed by atoms with Crippen LogP contribution in [0.3, 0.4) is 0 Å². The number of esters is 1. The topological polar surface area (TPSA) is 61.8 Å². The molecule has 0 aliphatic heterocycles. The first-order chi connectivity index (χ1) is 10.8. The highest BCUT2D eigenvalue weighted by molar-refractivity contribution is 5.87. The second kappa shape index (κ2) is 7.12. The van der Waals surface area contributed by atoms with Crippen LogP contribution in [0.5, 0.6) is 0 Å². The maximum atomic E-state index is 13.3. The van der Waals surface area contributed by atoms with Crippen LogP contribution < -0.4 is 0 Å². The Hall–Kier alpha value is -1.94. The summed E-state index contributed by atoms with van der Waals surface area (Å²) >= 11 is 0. The van der Waals surface area contributed by atoms with E-state index in [9.17, 15) is 35.9 Å². The summed E-state index contributed by atoms with van der Waals surface area (Å²) in [5.41, 5.74) is -6.98.